The maximum atomic E-state index is 10.4. The lowest BCUT2D eigenvalue weighted by Gasteiger charge is -2.38. The number of phenolic OH excluding ortho intramolecular Hbond substituents is 1. The van der Waals surface area contributed by atoms with Crippen LogP contribution in [0.2, 0.25) is 5.02 Å². The highest BCUT2D eigenvalue weighted by Gasteiger charge is 2.37. The van der Waals surface area contributed by atoms with E-state index in [4.69, 9.17) is 11.6 Å². The van der Waals surface area contributed by atoms with Crippen LogP contribution < -0.4 is 5.32 Å². The van der Waals surface area contributed by atoms with Gasteiger partial charge in [0, 0.05) is 37.4 Å². The quantitative estimate of drug-likeness (QED) is 0.628. The average molecular weight is 420 g/mol. The summed E-state index contributed by atoms with van der Waals surface area (Å²) in [5.41, 5.74) is 7.55. The van der Waals surface area contributed by atoms with Gasteiger partial charge in [0.05, 0.1) is 10.7 Å². The molecule has 1 aliphatic carbocycles. The van der Waals surface area contributed by atoms with E-state index in [-0.39, 0.29) is 11.7 Å². The van der Waals surface area contributed by atoms with Crippen molar-refractivity contribution in [1.29, 1.82) is 0 Å². The summed E-state index contributed by atoms with van der Waals surface area (Å²) in [6, 6.07) is 15.1. The van der Waals surface area contributed by atoms with E-state index in [9.17, 15) is 5.11 Å². The number of pyridine rings is 1. The van der Waals surface area contributed by atoms with Gasteiger partial charge in [-0.15, -0.1) is 0 Å². The molecule has 154 valence electrons. The standard InChI is InChI=1S/C25H26ClN3O/c1-29-10-8-18-12-22(26)24(30)13-21(18)25-20-11-16(4-5-17(20)6-7-23(25)29)14-28-19-3-2-9-27-15-19/h2-5,9,11-13,15,23,25,28,30H,6-8,10,14H2,1H3. The van der Waals surface area contributed by atoms with Gasteiger partial charge < -0.3 is 15.3 Å². The van der Waals surface area contributed by atoms with Crippen molar-refractivity contribution >= 4 is 17.3 Å². The second kappa shape index (κ2) is 7.93. The molecule has 0 saturated carbocycles. The molecule has 2 aliphatic rings. The molecule has 2 N–H and O–H groups in total. The van der Waals surface area contributed by atoms with Gasteiger partial charge in [-0.25, -0.2) is 0 Å². The highest BCUT2D eigenvalue weighted by atomic mass is 35.5. The Hall–Kier alpha value is -2.56. The van der Waals surface area contributed by atoms with Crippen LogP contribution >= 0.6 is 11.6 Å². The molecule has 3 aromatic rings. The molecule has 0 spiro atoms. The van der Waals surface area contributed by atoms with E-state index in [2.05, 4.69) is 40.4 Å². The first-order valence-corrected chi connectivity index (χ1v) is 10.9. The zero-order chi connectivity index (χ0) is 20.7. The average Bonchev–Trinajstić information content (AvgIpc) is 2.90. The van der Waals surface area contributed by atoms with Crippen LogP contribution in [-0.2, 0) is 19.4 Å². The Bertz CT molecular complexity index is 1070. The minimum absolute atomic E-state index is 0.181. The van der Waals surface area contributed by atoms with Crippen molar-refractivity contribution in [1.82, 2.24) is 9.88 Å². The molecule has 0 radical (unpaired) electrons. The second-order valence-electron chi connectivity index (χ2n) is 8.45. The maximum absolute atomic E-state index is 10.4. The molecule has 0 saturated heterocycles. The van der Waals surface area contributed by atoms with Gasteiger partial charge >= 0.3 is 0 Å². The first-order chi connectivity index (χ1) is 14.6. The third-order valence-electron chi connectivity index (χ3n) is 6.64. The number of nitrogens with one attached hydrogen (secondary N) is 1. The van der Waals surface area contributed by atoms with Crippen molar-refractivity contribution < 1.29 is 5.11 Å². The van der Waals surface area contributed by atoms with Crippen LogP contribution in [0.1, 0.15) is 40.2 Å². The number of phenols is 1. The fraction of sp³-hybridized carbons (Fsp3) is 0.320. The molecule has 0 fully saturated rings. The van der Waals surface area contributed by atoms with Gasteiger partial charge in [0.25, 0.3) is 0 Å². The number of fused-ring (bicyclic) bond motifs is 5. The van der Waals surface area contributed by atoms with E-state index >= 15 is 0 Å². The van der Waals surface area contributed by atoms with Gasteiger partial charge in [-0.2, -0.15) is 0 Å². The molecule has 4 nitrogen and oxygen atoms in total. The summed E-state index contributed by atoms with van der Waals surface area (Å²) in [5, 5.41) is 14.3. The molecule has 1 aromatic heterocycles. The third-order valence-corrected chi connectivity index (χ3v) is 6.94. The van der Waals surface area contributed by atoms with Gasteiger partial charge in [0.2, 0.25) is 0 Å². The van der Waals surface area contributed by atoms with Gasteiger partial charge in [0.1, 0.15) is 5.75 Å². The molecule has 30 heavy (non-hydrogen) atoms. The Kier molecular flexibility index (Phi) is 5.13. The zero-order valence-electron chi connectivity index (χ0n) is 17.1. The predicted molar refractivity (Wildman–Crippen MR) is 121 cm³/mol. The lowest BCUT2D eigenvalue weighted by atomic mass is 9.74. The van der Waals surface area contributed by atoms with Crippen LogP contribution in [0, 0.1) is 0 Å². The van der Waals surface area contributed by atoms with Crippen molar-refractivity contribution in [3.05, 3.63) is 87.7 Å². The Morgan fingerprint density at radius 1 is 1.13 bits per heavy atom. The number of benzene rings is 2. The molecule has 0 amide bonds. The fourth-order valence-corrected chi connectivity index (χ4v) is 5.24. The van der Waals surface area contributed by atoms with Crippen LogP contribution in [0.3, 0.4) is 0 Å². The molecule has 2 heterocycles. The number of aryl methyl sites for hydroxylation is 1. The monoisotopic (exact) mass is 419 g/mol. The smallest absolute Gasteiger partial charge is 0.134 e. The van der Waals surface area contributed by atoms with E-state index in [1.54, 1.807) is 6.20 Å². The number of hydrogen-bond acceptors (Lipinski definition) is 4. The van der Waals surface area contributed by atoms with Crippen LogP contribution in [0.15, 0.2) is 54.9 Å². The number of hydrogen-bond donors (Lipinski definition) is 2. The summed E-state index contributed by atoms with van der Waals surface area (Å²) >= 11 is 6.26. The first kappa shape index (κ1) is 19.4. The summed E-state index contributed by atoms with van der Waals surface area (Å²) < 4.78 is 0. The lowest BCUT2D eigenvalue weighted by molar-refractivity contribution is 0.214. The van der Waals surface area contributed by atoms with E-state index < -0.39 is 0 Å². The number of nitrogens with zero attached hydrogens (tertiary/aromatic N) is 2. The minimum atomic E-state index is 0.181. The molecule has 2 aromatic carbocycles. The molecular weight excluding hydrogens is 394 g/mol. The maximum Gasteiger partial charge on any atom is 0.134 e. The minimum Gasteiger partial charge on any atom is -0.506 e. The number of anilines is 1. The zero-order valence-corrected chi connectivity index (χ0v) is 17.9. The fourth-order valence-electron chi connectivity index (χ4n) is 5.06. The Balaban J connectivity index is 1.54. The summed E-state index contributed by atoms with van der Waals surface area (Å²) in [5.74, 6) is 0.429. The number of aromatic hydroxyl groups is 1. The molecule has 1 aliphatic heterocycles. The molecular formula is C25H26ClN3O. The first-order valence-electron chi connectivity index (χ1n) is 10.6. The van der Waals surface area contributed by atoms with Crippen molar-refractivity contribution in [2.45, 2.75) is 37.8 Å². The number of aromatic nitrogens is 1. The Morgan fingerprint density at radius 3 is 2.83 bits per heavy atom. The Morgan fingerprint density at radius 2 is 2.00 bits per heavy atom. The van der Waals surface area contributed by atoms with Gasteiger partial charge in [-0.3, -0.25) is 4.98 Å². The van der Waals surface area contributed by atoms with Crippen molar-refractivity contribution in [2.75, 3.05) is 18.9 Å². The topological polar surface area (TPSA) is 48.4 Å². The van der Waals surface area contributed by atoms with Crippen LogP contribution in [0.25, 0.3) is 0 Å². The lowest BCUT2D eigenvalue weighted by Crippen LogP contribution is -2.39. The molecule has 0 bridgehead atoms. The SMILES string of the molecule is CN1CCc2cc(Cl)c(O)cc2C2c3cc(CNc4cccnc4)ccc3CCC21. The van der Waals surface area contributed by atoms with E-state index in [1.165, 1.54) is 27.8 Å². The van der Waals surface area contributed by atoms with Gasteiger partial charge in [-0.05, 0) is 78.4 Å². The summed E-state index contributed by atoms with van der Waals surface area (Å²) in [4.78, 5) is 6.66. The number of halogens is 1. The Labute approximate surface area is 182 Å². The van der Waals surface area contributed by atoms with Crippen LogP contribution in [0.5, 0.6) is 5.75 Å². The van der Waals surface area contributed by atoms with Crippen molar-refractivity contribution in [2.24, 2.45) is 0 Å². The highest BCUT2D eigenvalue weighted by Crippen LogP contribution is 2.44. The van der Waals surface area contributed by atoms with Gasteiger partial charge in [0.15, 0.2) is 0 Å². The normalized spacial score (nSPS) is 20.6. The molecule has 5 rings (SSSR count). The van der Waals surface area contributed by atoms with E-state index in [1.807, 2.05) is 30.5 Å². The van der Waals surface area contributed by atoms with Crippen LogP contribution in [-0.4, -0.2) is 34.6 Å². The third kappa shape index (κ3) is 3.55. The highest BCUT2D eigenvalue weighted by molar-refractivity contribution is 6.32. The van der Waals surface area contributed by atoms with Crippen LogP contribution in [0.4, 0.5) is 5.69 Å². The van der Waals surface area contributed by atoms with E-state index in [0.29, 0.717) is 11.1 Å². The second-order valence-corrected chi connectivity index (χ2v) is 8.85. The van der Waals surface area contributed by atoms with Crippen molar-refractivity contribution in [3.8, 4) is 5.75 Å². The molecule has 2 unspecified atom stereocenters. The van der Waals surface area contributed by atoms with Crippen molar-refractivity contribution in [3.63, 3.8) is 0 Å². The predicted octanol–water partition coefficient (Wildman–Crippen LogP) is 4.99. The molecule has 5 heteroatoms. The largest absolute Gasteiger partial charge is 0.506 e. The summed E-state index contributed by atoms with van der Waals surface area (Å²) in [6.45, 7) is 1.76. The number of likely N-dealkylation sites (N-methyl/N-ethyl adjacent to an activating group) is 1. The summed E-state index contributed by atoms with van der Waals surface area (Å²) in [7, 11) is 2.23. The van der Waals surface area contributed by atoms with Gasteiger partial charge in [-0.1, -0.05) is 29.8 Å². The van der Waals surface area contributed by atoms with E-state index in [0.717, 1.165) is 38.0 Å². The summed E-state index contributed by atoms with van der Waals surface area (Å²) in [6.07, 6.45) is 6.80. The number of rotatable bonds is 3. The molecule has 2 atom stereocenters.